The van der Waals surface area contributed by atoms with Crippen LogP contribution in [0.15, 0.2) is 58.1 Å². The first-order valence-corrected chi connectivity index (χ1v) is 8.24. The van der Waals surface area contributed by atoms with Gasteiger partial charge in [-0.1, -0.05) is 28.1 Å². The lowest BCUT2D eigenvalue weighted by Crippen LogP contribution is -2.43. The number of carbonyl (C=O) groups is 1. The fraction of sp³-hybridized carbons (Fsp3) is 0.222. The summed E-state index contributed by atoms with van der Waals surface area (Å²) < 4.78 is 6.01. The Morgan fingerprint density at radius 1 is 1.21 bits per heavy atom. The average Bonchev–Trinajstić information content (AvgIpc) is 2.90. The van der Waals surface area contributed by atoms with Gasteiger partial charge in [0.1, 0.15) is 5.75 Å². The van der Waals surface area contributed by atoms with Crippen LogP contribution in [0.25, 0.3) is 0 Å². The van der Waals surface area contributed by atoms with E-state index in [9.17, 15) is 9.90 Å². The molecular weight excluding hydrogens is 372 g/mol. The van der Waals surface area contributed by atoms with Crippen LogP contribution in [0.5, 0.6) is 5.75 Å². The maximum absolute atomic E-state index is 12.9. The van der Waals surface area contributed by atoms with Gasteiger partial charge >= 0.3 is 0 Å². The number of hydrazone groups is 1. The van der Waals surface area contributed by atoms with Gasteiger partial charge in [-0.15, -0.1) is 0 Å². The first-order valence-electron chi connectivity index (χ1n) is 7.45. The van der Waals surface area contributed by atoms with Crippen LogP contribution in [0.1, 0.15) is 29.3 Å². The zero-order valence-corrected chi connectivity index (χ0v) is 14.9. The molecule has 124 valence electrons. The van der Waals surface area contributed by atoms with E-state index in [0.29, 0.717) is 22.6 Å². The van der Waals surface area contributed by atoms with Crippen LogP contribution in [-0.2, 0) is 5.72 Å². The number of rotatable bonds is 3. The van der Waals surface area contributed by atoms with E-state index in [0.717, 1.165) is 9.48 Å². The predicted molar refractivity (Wildman–Crippen MR) is 94.9 cm³/mol. The fourth-order valence-electron chi connectivity index (χ4n) is 2.73. The number of hydrogen-bond acceptors (Lipinski definition) is 4. The van der Waals surface area contributed by atoms with E-state index in [1.165, 1.54) is 0 Å². The molecule has 1 aliphatic rings. The number of methoxy groups -OCH3 is 1. The van der Waals surface area contributed by atoms with Crippen molar-refractivity contribution < 1.29 is 14.6 Å². The predicted octanol–water partition coefficient (Wildman–Crippen LogP) is 3.52. The lowest BCUT2D eigenvalue weighted by Gasteiger charge is -2.31. The van der Waals surface area contributed by atoms with Gasteiger partial charge in [0.2, 0.25) is 0 Å². The van der Waals surface area contributed by atoms with E-state index in [-0.39, 0.29) is 12.3 Å². The maximum Gasteiger partial charge on any atom is 0.276 e. The standard InChI is InChI=1S/C18H17BrN2O3/c1-12-11-18(23,14-5-7-15(19)8-6-14)21(20-12)17(22)13-3-9-16(24-2)10-4-13/h3-10,23H,11H2,1-2H3/t18-/m0/s1. The molecule has 6 heteroatoms. The summed E-state index contributed by atoms with van der Waals surface area (Å²) in [6.45, 7) is 1.80. The Morgan fingerprint density at radius 3 is 2.42 bits per heavy atom. The number of amides is 1. The summed E-state index contributed by atoms with van der Waals surface area (Å²) in [5, 5.41) is 16.6. The molecule has 0 unspecified atom stereocenters. The Balaban J connectivity index is 1.96. The Labute approximate surface area is 148 Å². The Bertz CT molecular complexity index is 787. The van der Waals surface area contributed by atoms with Gasteiger partial charge in [-0.2, -0.15) is 10.1 Å². The number of aliphatic hydroxyl groups is 1. The third-order valence-corrected chi connectivity index (χ3v) is 4.49. The third-order valence-electron chi connectivity index (χ3n) is 3.96. The molecule has 5 nitrogen and oxygen atoms in total. The van der Waals surface area contributed by atoms with Crippen molar-refractivity contribution >= 4 is 27.5 Å². The molecule has 1 heterocycles. The van der Waals surface area contributed by atoms with Crippen LogP contribution in [0.2, 0.25) is 0 Å². The molecule has 1 aliphatic heterocycles. The summed E-state index contributed by atoms with van der Waals surface area (Å²) in [5.74, 6) is 0.302. The normalized spacial score (nSPS) is 20.0. The molecule has 2 aromatic rings. The molecule has 2 aromatic carbocycles. The van der Waals surface area contributed by atoms with Gasteiger partial charge in [-0.25, -0.2) is 0 Å². The van der Waals surface area contributed by atoms with Gasteiger partial charge in [-0.3, -0.25) is 4.79 Å². The summed E-state index contributed by atoms with van der Waals surface area (Å²) >= 11 is 3.38. The van der Waals surface area contributed by atoms with Crippen molar-refractivity contribution in [3.63, 3.8) is 0 Å². The molecular formula is C18H17BrN2O3. The van der Waals surface area contributed by atoms with Crippen LogP contribution in [-0.4, -0.2) is 28.8 Å². The minimum atomic E-state index is -1.48. The smallest absolute Gasteiger partial charge is 0.276 e. The Hall–Kier alpha value is -2.18. The molecule has 0 saturated heterocycles. The van der Waals surface area contributed by atoms with Crippen LogP contribution in [0.3, 0.4) is 0 Å². The number of ether oxygens (including phenoxy) is 1. The molecule has 1 N–H and O–H groups in total. The van der Waals surface area contributed by atoms with Crippen molar-refractivity contribution in [3.05, 3.63) is 64.1 Å². The van der Waals surface area contributed by atoms with Crippen molar-refractivity contribution in [3.8, 4) is 5.75 Å². The summed E-state index contributed by atoms with van der Waals surface area (Å²) in [6.07, 6.45) is 0.274. The highest BCUT2D eigenvalue weighted by Gasteiger charge is 2.45. The molecule has 0 saturated carbocycles. The van der Waals surface area contributed by atoms with Crippen molar-refractivity contribution in [2.75, 3.05) is 7.11 Å². The lowest BCUT2D eigenvalue weighted by atomic mass is 9.97. The number of benzene rings is 2. The topological polar surface area (TPSA) is 62.1 Å². The van der Waals surface area contributed by atoms with Crippen molar-refractivity contribution in [1.82, 2.24) is 5.01 Å². The van der Waals surface area contributed by atoms with Gasteiger partial charge in [0, 0.05) is 27.7 Å². The minimum absolute atomic E-state index is 0.274. The second-order valence-electron chi connectivity index (χ2n) is 5.68. The third kappa shape index (κ3) is 2.95. The zero-order valence-electron chi connectivity index (χ0n) is 13.4. The highest BCUT2D eigenvalue weighted by molar-refractivity contribution is 9.10. The highest BCUT2D eigenvalue weighted by atomic mass is 79.9. The molecule has 1 amide bonds. The molecule has 0 aromatic heterocycles. The molecule has 0 fully saturated rings. The van der Waals surface area contributed by atoms with E-state index < -0.39 is 5.72 Å². The van der Waals surface area contributed by atoms with Crippen molar-refractivity contribution in [2.24, 2.45) is 5.10 Å². The monoisotopic (exact) mass is 388 g/mol. The van der Waals surface area contributed by atoms with E-state index in [1.54, 1.807) is 50.4 Å². The van der Waals surface area contributed by atoms with Gasteiger partial charge in [0.25, 0.3) is 5.91 Å². The first kappa shape index (κ1) is 16.7. The molecule has 0 spiro atoms. The van der Waals surface area contributed by atoms with Crippen LogP contribution in [0, 0.1) is 0 Å². The van der Waals surface area contributed by atoms with Crippen molar-refractivity contribution in [2.45, 2.75) is 19.1 Å². The molecule has 1 atom stereocenters. The lowest BCUT2D eigenvalue weighted by molar-refractivity contribution is -0.0765. The Kier molecular flexibility index (Phi) is 4.43. The van der Waals surface area contributed by atoms with E-state index >= 15 is 0 Å². The van der Waals surface area contributed by atoms with Gasteiger partial charge in [-0.05, 0) is 43.3 Å². The van der Waals surface area contributed by atoms with Gasteiger partial charge in [0.05, 0.1) is 7.11 Å². The van der Waals surface area contributed by atoms with E-state index in [4.69, 9.17) is 4.74 Å². The quantitative estimate of drug-likeness (QED) is 0.874. The van der Waals surface area contributed by atoms with Crippen LogP contribution < -0.4 is 4.74 Å². The maximum atomic E-state index is 12.9. The summed E-state index contributed by atoms with van der Waals surface area (Å²) in [5.41, 5.74) is 0.266. The summed E-state index contributed by atoms with van der Waals surface area (Å²) in [6, 6.07) is 14.0. The van der Waals surface area contributed by atoms with Crippen LogP contribution >= 0.6 is 15.9 Å². The zero-order chi connectivity index (χ0) is 17.3. The number of carbonyl (C=O) groups excluding carboxylic acids is 1. The fourth-order valence-corrected chi connectivity index (χ4v) is 3.00. The highest BCUT2D eigenvalue weighted by Crippen LogP contribution is 2.36. The molecule has 24 heavy (non-hydrogen) atoms. The second-order valence-corrected chi connectivity index (χ2v) is 6.60. The molecule has 0 aliphatic carbocycles. The average molecular weight is 389 g/mol. The Morgan fingerprint density at radius 2 is 1.83 bits per heavy atom. The van der Waals surface area contributed by atoms with E-state index in [2.05, 4.69) is 21.0 Å². The van der Waals surface area contributed by atoms with E-state index in [1.807, 2.05) is 12.1 Å². The number of halogens is 1. The molecule has 0 radical (unpaired) electrons. The SMILES string of the molecule is COc1ccc(C(=O)N2N=C(C)C[C@]2(O)c2ccc(Br)cc2)cc1. The first-order chi connectivity index (χ1) is 11.4. The van der Waals surface area contributed by atoms with Gasteiger partial charge in [0.15, 0.2) is 5.72 Å². The van der Waals surface area contributed by atoms with Crippen molar-refractivity contribution in [1.29, 1.82) is 0 Å². The number of hydrogen-bond donors (Lipinski definition) is 1. The largest absolute Gasteiger partial charge is 0.497 e. The summed E-state index contributed by atoms with van der Waals surface area (Å²) in [4.78, 5) is 12.9. The minimum Gasteiger partial charge on any atom is -0.497 e. The molecule has 0 bridgehead atoms. The number of nitrogens with zero attached hydrogens (tertiary/aromatic N) is 2. The van der Waals surface area contributed by atoms with Crippen LogP contribution in [0.4, 0.5) is 0 Å². The summed E-state index contributed by atoms with van der Waals surface area (Å²) in [7, 11) is 1.57. The molecule has 3 rings (SSSR count). The van der Waals surface area contributed by atoms with Gasteiger partial charge < -0.3 is 9.84 Å². The second kappa shape index (κ2) is 6.37.